The number of carbonyl (C=O) groups excluding carboxylic acids is 1. The Bertz CT molecular complexity index is 1230. The Labute approximate surface area is 169 Å². The van der Waals surface area contributed by atoms with E-state index in [9.17, 15) is 9.59 Å². The summed E-state index contributed by atoms with van der Waals surface area (Å²) in [5, 5.41) is 13.5. The molecule has 4 aromatic heterocycles. The number of hydrazone groups is 1. The first-order valence-corrected chi connectivity index (χ1v) is 9.74. The van der Waals surface area contributed by atoms with Gasteiger partial charge in [0, 0.05) is 48.4 Å². The van der Waals surface area contributed by atoms with Crippen LogP contribution in [-0.4, -0.2) is 42.4 Å². The Kier molecular flexibility index (Phi) is 5.09. The quantitative estimate of drug-likeness (QED) is 0.276. The minimum Gasteiger partial charge on any atom is -0.332 e. The number of rotatable bonds is 7. The number of nitrogens with zero attached hydrogens (tertiary/aromatic N) is 5. The fourth-order valence-corrected chi connectivity index (χ4v) is 4.21. The van der Waals surface area contributed by atoms with Crippen LogP contribution in [0.15, 0.2) is 40.4 Å². The van der Waals surface area contributed by atoms with Crippen LogP contribution in [-0.2, 0) is 24.8 Å². The maximum Gasteiger partial charge on any atom is 0.248 e. The van der Waals surface area contributed by atoms with Crippen LogP contribution in [0.1, 0.15) is 27.7 Å². The van der Waals surface area contributed by atoms with Crippen LogP contribution in [0.25, 0.3) is 10.3 Å². The first-order valence-electron chi connectivity index (χ1n) is 8.92. The molecule has 0 aliphatic carbocycles. The molecule has 4 aromatic rings. The number of fused-ring (bicyclic) bond motifs is 1. The number of nitrogens with one attached hydrogen (secondary N) is 2. The standard InChI is InChI=1S/C19H19N7O2S/c1-12-15(9-21-26(11-27)10-14-4-3-5-16(28)22-14)18-19(25(12)2)23-17(29-18)8-13-6-7-20-24-13/h3-7,9,11H,8,10H2,1-2H3,(H,20,24)(H,22,28)/b21-9-. The molecule has 0 bridgehead atoms. The topological polar surface area (TPSA) is 112 Å². The number of hydrogen-bond acceptors (Lipinski definition) is 6. The molecule has 4 rings (SSSR count). The molecule has 0 aliphatic heterocycles. The number of aryl methyl sites for hydroxylation is 1. The van der Waals surface area contributed by atoms with Gasteiger partial charge in [0.05, 0.1) is 17.5 Å². The van der Waals surface area contributed by atoms with E-state index in [4.69, 9.17) is 4.98 Å². The van der Waals surface area contributed by atoms with Gasteiger partial charge in [0.15, 0.2) is 5.65 Å². The van der Waals surface area contributed by atoms with Gasteiger partial charge in [-0.05, 0) is 19.1 Å². The van der Waals surface area contributed by atoms with Gasteiger partial charge in [-0.3, -0.25) is 14.7 Å². The Balaban J connectivity index is 1.61. The van der Waals surface area contributed by atoms with Gasteiger partial charge in [0.25, 0.3) is 0 Å². The molecule has 0 spiro atoms. The highest BCUT2D eigenvalue weighted by atomic mass is 32.1. The fourth-order valence-electron chi connectivity index (χ4n) is 3.03. The summed E-state index contributed by atoms with van der Waals surface area (Å²) in [6.07, 6.45) is 4.70. The van der Waals surface area contributed by atoms with Crippen molar-refractivity contribution in [2.45, 2.75) is 19.9 Å². The van der Waals surface area contributed by atoms with Crippen LogP contribution in [0, 0.1) is 6.92 Å². The minimum atomic E-state index is -0.215. The summed E-state index contributed by atoms with van der Waals surface area (Å²) in [5.41, 5.74) is 4.20. The zero-order valence-corrected chi connectivity index (χ0v) is 16.7. The summed E-state index contributed by atoms with van der Waals surface area (Å²) in [7, 11) is 1.96. The normalized spacial score (nSPS) is 11.5. The molecule has 4 heterocycles. The molecule has 0 unspecified atom stereocenters. The van der Waals surface area contributed by atoms with Crippen LogP contribution >= 0.6 is 11.3 Å². The molecule has 0 radical (unpaired) electrons. The van der Waals surface area contributed by atoms with E-state index < -0.39 is 0 Å². The van der Waals surface area contributed by atoms with Crippen LogP contribution in [0.4, 0.5) is 0 Å². The number of aromatic amines is 2. The molecule has 10 heteroatoms. The average molecular weight is 409 g/mol. The minimum absolute atomic E-state index is 0.179. The highest BCUT2D eigenvalue weighted by Crippen LogP contribution is 2.30. The number of H-pyrrole nitrogens is 2. The van der Waals surface area contributed by atoms with E-state index in [2.05, 4.69) is 20.3 Å². The molecule has 2 N–H and O–H groups in total. The maximum absolute atomic E-state index is 11.4. The number of carbonyl (C=O) groups is 1. The molecule has 0 aromatic carbocycles. The number of hydrogen-bond donors (Lipinski definition) is 2. The molecule has 148 valence electrons. The van der Waals surface area contributed by atoms with E-state index in [0.29, 0.717) is 18.5 Å². The predicted molar refractivity (Wildman–Crippen MR) is 111 cm³/mol. The van der Waals surface area contributed by atoms with E-state index in [0.717, 1.165) is 32.3 Å². The predicted octanol–water partition coefficient (Wildman–Crippen LogP) is 1.94. The van der Waals surface area contributed by atoms with Crippen molar-refractivity contribution in [3.63, 3.8) is 0 Å². The van der Waals surface area contributed by atoms with Crippen LogP contribution in [0.5, 0.6) is 0 Å². The summed E-state index contributed by atoms with van der Waals surface area (Å²) >= 11 is 1.60. The van der Waals surface area contributed by atoms with Gasteiger partial charge in [0.1, 0.15) is 5.01 Å². The lowest BCUT2D eigenvalue weighted by atomic mass is 10.3. The number of amides is 1. The third kappa shape index (κ3) is 3.87. The number of pyridine rings is 1. The molecule has 0 fully saturated rings. The van der Waals surface area contributed by atoms with E-state index in [1.165, 1.54) is 11.1 Å². The zero-order chi connectivity index (χ0) is 20.4. The SMILES string of the molecule is Cc1c(/C=N\N(C=O)Cc2cccc(=O)[nH]2)c2sc(Cc3ccn[nH]3)nc2n1C. The average Bonchev–Trinajstić information content (AvgIpc) is 3.41. The molecule has 0 aliphatic rings. The fraction of sp³-hybridized carbons (Fsp3) is 0.211. The van der Waals surface area contributed by atoms with Gasteiger partial charge in [0.2, 0.25) is 12.0 Å². The van der Waals surface area contributed by atoms with E-state index >= 15 is 0 Å². The largest absolute Gasteiger partial charge is 0.332 e. The smallest absolute Gasteiger partial charge is 0.248 e. The molecular formula is C19H19N7O2S. The maximum atomic E-state index is 11.4. The van der Waals surface area contributed by atoms with Gasteiger partial charge < -0.3 is 9.55 Å². The van der Waals surface area contributed by atoms with Gasteiger partial charge in [-0.1, -0.05) is 6.07 Å². The van der Waals surface area contributed by atoms with Crippen molar-refractivity contribution in [1.82, 2.24) is 29.7 Å². The van der Waals surface area contributed by atoms with Gasteiger partial charge in [-0.25, -0.2) is 9.99 Å². The van der Waals surface area contributed by atoms with Crippen molar-refractivity contribution >= 4 is 34.3 Å². The summed E-state index contributed by atoms with van der Waals surface area (Å²) in [5.74, 6) is 0. The number of thiazole rings is 1. The van der Waals surface area contributed by atoms with E-state index in [1.54, 1.807) is 35.9 Å². The zero-order valence-electron chi connectivity index (χ0n) is 15.9. The number of aromatic nitrogens is 5. The molecule has 0 atom stereocenters. The Morgan fingerprint density at radius 3 is 2.90 bits per heavy atom. The summed E-state index contributed by atoms with van der Waals surface area (Å²) < 4.78 is 3.03. The second-order valence-corrected chi connectivity index (χ2v) is 7.65. The summed E-state index contributed by atoms with van der Waals surface area (Å²) in [4.78, 5) is 30.3. The third-order valence-corrected chi connectivity index (χ3v) is 5.70. The first kappa shape index (κ1) is 18.8. The first-order chi connectivity index (χ1) is 14.0. The Morgan fingerprint density at radius 2 is 2.17 bits per heavy atom. The van der Waals surface area contributed by atoms with Gasteiger partial charge in [-0.15, -0.1) is 11.3 Å². The van der Waals surface area contributed by atoms with Crippen molar-refractivity contribution in [3.8, 4) is 0 Å². The second kappa shape index (κ2) is 7.84. The second-order valence-electron chi connectivity index (χ2n) is 6.56. The highest BCUT2D eigenvalue weighted by Gasteiger charge is 2.16. The van der Waals surface area contributed by atoms with Crippen molar-refractivity contribution in [1.29, 1.82) is 0 Å². The molecule has 0 saturated carbocycles. The van der Waals surface area contributed by atoms with Crippen molar-refractivity contribution in [2.75, 3.05) is 0 Å². The van der Waals surface area contributed by atoms with Crippen molar-refractivity contribution in [2.24, 2.45) is 12.1 Å². The molecule has 29 heavy (non-hydrogen) atoms. The summed E-state index contributed by atoms with van der Waals surface area (Å²) in [6, 6.07) is 6.73. The van der Waals surface area contributed by atoms with Crippen molar-refractivity contribution in [3.05, 3.63) is 68.5 Å². The van der Waals surface area contributed by atoms with Gasteiger partial charge in [-0.2, -0.15) is 10.2 Å². The molecular weight excluding hydrogens is 390 g/mol. The lowest BCUT2D eigenvalue weighted by Crippen LogP contribution is -2.18. The van der Waals surface area contributed by atoms with E-state index in [1.807, 2.05) is 24.6 Å². The lowest BCUT2D eigenvalue weighted by molar-refractivity contribution is -0.118. The lowest BCUT2D eigenvalue weighted by Gasteiger charge is -2.10. The van der Waals surface area contributed by atoms with Crippen LogP contribution < -0.4 is 5.56 Å². The Morgan fingerprint density at radius 1 is 1.31 bits per heavy atom. The molecule has 9 nitrogen and oxygen atoms in total. The highest BCUT2D eigenvalue weighted by molar-refractivity contribution is 7.19. The Hall–Kier alpha value is -3.53. The molecule has 0 saturated heterocycles. The van der Waals surface area contributed by atoms with Crippen LogP contribution in [0.3, 0.4) is 0 Å². The monoisotopic (exact) mass is 409 g/mol. The van der Waals surface area contributed by atoms with E-state index in [-0.39, 0.29) is 12.1 Å². The third-order valence-electron chi connectivity index (χ3n) is 4.63. The summed E-state index contributed by atoms with van der Waals surface area (Å²) in [6.45, 7) is 2.17. The van der Waals surface area contributed by atoms with Gasteiger partial charge >= 0.3 is 0 Å². The van der Waals surface area contributed by atoms with Crippen molar-refractivity contribution < 1.29 is 4.79 Å². The molecule has 1 amide bonds. The van der Waals surface area contributed by atoms with Crippen LogP contribution in [0.2, 0.25) is 0 Å².